The molecule has 0 amide bonds. The molecule has 2 heteroatoms. The zero-order valence-corrected chi connectivity index (χ0v) is 11.4. The molecule has 86 valence electrons. The Labute approximate surface area is 105 Å². The molecule has 1 aromatic carbocycles. The third-order valence-corrected chi connectivity index (χ3v) is 3.51. The van der Waals surface area contributed by atoms with Gasteiger partial charge < -0.3 is 0 Å². The summed E-state index contributed by atoms with van der Waals surface area (Å²) in [4.78, 5) is 12.1. The quantitative estimate of drug-likeness (QED) is 0.593. The molecule has 2 rings (SSSR count). The SMILES string of the molecule is CC(C)(Br)C(=O)c1ccc2c(c1)CCCC2. The average Bonchev–Trinajstić information content (AvgIpc) is 2.26. The summed E-state index contributed by atoms with van der Waals surface area (Å²) >= 11 is 3.43. The highest BCUT2D eigenvalue weighted by atomic mass is 79.9. The second kappa shape index (κ2) is 4.33. The number of benzene rings is 1. The lowest BCUT2D eigenvalue weighted by atomic mass is 9.88. The lowest BCUT2D eigenvalue weighted by Gasteiger charge is -2.19. The van der Waals surface area contributed by atoms with Gasteiger partial charge in [0.25, 0.3) is 0 Å². The highest BCUT2D eigenvalue weighted by Gasteiger charge is 2.25. The van der Waals surface area contributed by atoms with Crippen LogP contribution in [0.5, 0.6) is 0 Å². The van der Waals surface area contributed by atoms with Crippen molar-refractivity contribution in [2.75, 3.05) is 0 Å². The number of aryl methyl sites for hydroxylation is 2. The van der Waals surface area contributed by atoms with Crippen molar-refractivity contribution in [3.8, 4) is 0 Å². The van der Waals surface area contributed by atoms with E-state index in [-0.39, 0.29) is 5.78 Å². The van der Waals surface area contributed by atoms with Gasteiger partial charge in [-0.15, -0.1) is 0 Å². The van der Waals surface area contributed by atoms with Gasteiger partial charge in [-0.05, 0) is 56.7 Å². The van der Waals surface area contributed by atoms with Gasteiger partial charge in [-0.25, -0.2) is 0 Å². The van der Waals surface area contributed by atoms with Crippen LogP contribution in [0.1, 0.15) is 48.2 Å². The number of fused-ring (bicyclic) bond motifs is 1. The Hall–Kier alpha value is -0.630. The number of Topliss-reactive ketones (excluding diaryl/α,β-unsaturated/α-hetero) is 1. The first kappa shape index (κ1) is 11.8. The summed E-state index contributed by atoms with van der Waals surface area (Å²) in [6.07, 6.45) is 4.83. The molecule has 0 saturated carbocycles. The van der Waals surface area contributed by atoms with Gasteiger partial charge in [0.1, 0.15) is 0 Å². The third-order valence-electron chi connectivity index (χ3n) is 3.15. The maximum atomic E-state index is 12.1. The number of ketones is 1. The lowest BCUT2D eigenvalue weighted by Crippen LogP contribution is -2.24. The summed E-state index contributed by atoms with van der Waals surface area (Å²) < 4.78 is -0.462. The molecule has 0 aliphatic heterocycles. The molecule has 0 aromatic heterocycles. The van der Waals surface area contributed by atoms with Crippen molar-refractivity contribution >= 4 is 21.7 Å². The summed E-state index contributed by atoms with van der Waals surface area (Å²) in [5.74, 6) is 0.167. The van der Waals surface area contributed by atoms with Gasteiger partial charge in [0, 0.05) is 5.56 Å². The molecule has 0 spiro atoms. The minimum Gasteiger partial charge on any atom is -0.293 e. The van der Waals surface area contributed by atoms with Crippen LogP contribution in [0.25, 0.3) is 0 Å². The number of hydrogen-bond donors (Lipinski definition) is 0. The zero-order chi connectivity index (χ0) is 11.8. The maximum absolute atomic E-state index is 12.1. The number of carbonyl (C=O) groups excluding carboxylic acids is 1. The van der Waals surface area contributed by atoms with Crippen molar-refractivity contribution in [3.63, 3.8) is 0 Å². The van der Waals surface area contributed by atoms with E-state index in [1.165, 1.54) is 30.4 Å². The second-order valence-corrected chi connectivity index (χ2v) is 6.97. The van der Waals surface area contributed by atoms with Crippen LogP contribution in [0.3, 0.4) is 0 Å². The van der Waals surface area contributed by atoms with E-state index in [2.05, 4.69) is 28.1 Å². The lowest BCUT2D eigenvalue weighted by molar-refractivity contribution is 0.0961. The largest absolute Gasteiger partial charge is 0.293 e. The van der Waals surface area contributed by atoms with Crippen molar-refractivity contribution in [1.29, 1.82) is 0 Å². The van der Waals surface area contributed by atoms with Crippen LogP contribution in [-0.4, -0.2) is 10.1 Å². The zero-order valence-electron chi connectivity index (χ0n) is 9.85. The molecule has 0 saturated heterocycles. The molecule has 0 unspecified atom stereocenters. The minimum absolute atomic E-state index is 0.167. The first-order valence-corrected chi connectivity index (χ1v) is 6.63. The van der Waals surface area contributed by atoms with E-state index in [9.17, 15) is 4.79 Å². The average molecular weight is 281 g/mol. The van der Waals surface area contributed by atoms with Crippen molar-refractivity contribution in [3.05, 3.63) is 34.9 Å². The van der Waals surface area contributed by atoms with E-state index in [1.54, 1.807) is 0 Å². The highest BCUT2D eigenvalue weighted by molar-refractivity contribution is 9.10. The van der Waals surface area contributed by atoms with Gasteiger partial charge >= 0.3 is 0 Å². The molecule has 1 aliphatic rings. The van der Waals surface area contributed by atoms with Gasteiger partial charge in [0.15, 0.2) is 5.78 Å². The maximum Gasteiger partial charge on any atom is 0.178 e. The van der Waals surface area contributed by atoms with Gasteiger partial charge in [-0.2, -0.15) is 0 Å². The predicted octanol–water partition coefficient (Wildman–Crippen LogP) is 3.92. The van der Waals surface area contributed by atoms with Crippen LogP contribution < -0.4 is 0 Å². The van der Waals surface area contributed by atoms with E-state index in [0.717, 1.165) is 12.0 Å². The molecule has 1 aliphatic carbocycles. The molecule has 0 heterocycles. The van der Waals surface area contributed by atoms with Crippen molar-refractivity contribution in [2.45, 2.75) is 43.9 Å². The first-order chi connectivity index (χ1) is 7.48. The Morgan fingerprint density at radius 1 is 1.19 bits per heavy atom. The van der Waals surface area contributed by atoms with E-state index in [4.69, 9.17) is 0 Å². The van der Waals surface area contributed by atoms with Gasteiger partial charge in [0.05, 0.1) is 4.32 Å². The summed E-state index contributed by atoms with van der Waals surface area (Å²) in [6, 6.07) is 6.18. The topological polar surface area (TPSA) is 17.1 Å². The molecule has 0 bridgehead atoms. The van der Waals surface area contributed by atoms with E-state index in [0.29, 0.717) is 0 Å². The van der Waals surface area contributed by atoms with Gasteiger partial charge in [-0.3, -0.25) is 4.79 Å². The molecule has 0 N–H and O–H groups in total. The molecular formula is C14H17BrO. The fourth-order valence-electron chi connectivity index (χ4n) is 2.22. The molecule has 0 fully saturated rings. The summed E-state index contributed by atoms with van der Waals surface area (Å²) in [6.45, 7) is 3.80. The molecule has 0 atom stereocenters. The van der Waals surface area contributed by atoms with E-state index < -0.39 is 4.32 Å². The number of alkyl halides is 1. The van der Waals surface area contributed by atoms with E-state index in [1.807, 2.05) is 19.9 Å². The van der Waals surface area contributed by atoms with Crippen LogP contribution >= 0.6 is 15.9 Å². The third kappa shape index (κ3) is 2.37. The fourth-order valence-corrected chi connectivity index (χ4v) is 2.45. The Kier molecular flexibility index (Phi) is 3.20. The number of carbonyl (C=O) groups is 1. The monoisotopic (exact) mass is 280 g/mol. The predicted molar refractivity (Wildman–Crippen MR) is 70.4 cm³/mol. The Morgan fingerprint density at radius 3 is 2.44 bits per heavy atom. The van der Waals surface area contributed by atoms with Gasteiger partial charge in [-0.1, -0.05) is 28.1 Å². The van der Waals surface area contributed by atoms with Crippen molar-refractivity contribution in [2.24, 2.45) is 0 Å². The summed E-state index contributed by atoms with van der Waals surface area (Å²) in [5, 5.41) is 0. The molecule has 0 radical (unpaired) electrons. The number of halogens is 1. The molecular weight excluding hydrogens is 264 g/mol. The highest BCUT2D eigenvalue weighted by Crippen LogP contribution is 2.26. The van der Waals surface area contributed by atoms with Gasteiger partial charge in [0.2, 0.25) is 0 Å². The Morgan fingerprint density at radius 2 is 1.81 bits per heavy atom. The van der Waals surface area contributed by atoms with E-state index >= 15 is 0 Å². The van der Waals surface area contributed by atoms with Crippen LogP contribution in [0.2, 0.25) is 0 Å². The van der Waals surface area contributed by atoms with Crippen LogP contribution in [-0.2, 0) is 12.8 Å². The Balaban J connectivity index is 2.34. The van der Waals surface area contributed by atoms with Crippen LogP contribution in [0, 0.1) is 0 Å². The first-order valence-electron chi connectivity index (χ1n) is 5.84. The molecule has 1 aromatic rings. The minimum atomic E-state index is -0.462. The van der Waals surface area contributed by atoms with Crippen LogP contribution in [0.4, 0.5) is 0 Å². The number of rotatable bonds is 2. The summed E-state index contributed by atoms with van der Waals surface area (Å²) in [5.41, 5.74) is 3.63. The number of hydrogen-bond acceptors (Lipinski definition) is 1. The second-order valence-electron chi connectivity index (χ2n) is 4.99. The van der Waals surface area contributed by atoms with Crippen molar-refractivity contribution in [1.82, 2.24) is 0 Å². The molecule has 1 nitrogen and oxygen atoms in total. The van der Waals surface area contributed by atoms with Crippen molar-refractivity contribution < 1.29 is 4.79 Å². The normalized spacial score (nSPS) is 15.7. The molecule has 16 heavy (non-hydrogen) atoms. The standard InChI is InChI=1S/C14H17BrO/c1-14(2,15)13(16)12-8-7-10-5-3-4-6-11(10)9-12/h7-9H,3-6H2,1-2H3. The summed E-state index contributed by atoms with van der Waals surface area (Å²) in [7, 11) is 0. The van der Waals surface area contributed by atoms with Crippen LogP contribution in [0.15, 0.2) is 18.2 Å². The Bertz CT molecular complexity index is 415. The smallest absolute Gasteiger partial charge is 0.178 e. The fraction of sp³-hybridized carbons (Fsp3) is 0.500.